The zero-order valence-electron chi connectivity index (χ0n) is 62.7. The lowest BCUT2D eigenvalue weighted by Gasteiger charge is -2.49. The summed E-state index contributed by atoms with van der Waals surface area (Å²) in [5.41, 5.74) is 5.22. The molecule has 0 saturated carbocycles. The van der Waals surface area contributed by atoms with Crippen molar-refractivity contribution in [2.24, 2.45) is 11.7 Å². The van der Waals surface area contributed by atoms with Gasteiger partial charge in [0.2, 0.25) is 76.8 Å². The molecule has 630 valence electrons. The molecule has 0 aromatic carbocycles. The van der Waals surface area contributed by atoms with Gasteiger partial charge in [-0.05, 0) is 52.4 Å². The Balaban J connectivity index is 1.66. The highest BCUT2D eigenvalue weighted by Crippen LogP contribution is 2.34. The highest BCUT2D eigenvalue weighted by atomic mass is 16.7. The van der Waals surface area contributed by atoms with Crippen molar-refractivity contribution in [1.82, 2.24) is 63.4 Å². The van der Waals surface area contributed by atoms with Crippen LogP contribution in [0.1, 0.15) is 101 Å². The minimum absolute atomic E-state index is 0.0635. The molecule has 5 aliphatic rings. The lowest BCUT2D eigenvalue weighted by molar-refractivity contribution is -0.332. The van der Waals surface area contributed by atoms with Crippen molar-refractivity contribution in [3.05, 3.63) is 0 Å². The van der Waals surface area contributed by atoms with Gasteiger partial charge in [0.05, 0.1) is 51.7 Å². The van der Waals surface area contributed by atoms with E-state index in [1.807, 2.05) is 0 Å². The molecule has 111 heavy (non-hydrogen) atoms. The number of hydrogen-bond donors (Lipinski definition) is 23. The van der Waals surface area contributed by atoms with Crippen LogP contribution in [-0.2, 0) is 105 Å². The van der Waals surface area contributed by atoms with Gasteiger partial charge in [-0.1, -0.05) is 13.8 Å². The highest BCUT2D eigenvalue weighted by Gasteiger charge is 2.56. The van der Waals surface area contributed by atoms with Crippen molar-refractivity contribution >= 4 is 82.8 Å². The fourth-order valence-corrected chi connectivity index (χ4v) is 13.0. The van der Waals surface area contributed by atoms with E-state index in [9.17, 15) is 114 Å². The highest BCUT2D eigenvalue weighted by molar-refractivity contribution is 5.98. The number of carbonyl (C=O) groups is 14. The summed E-state index contributed by atoms with van der Waals surface area (Å²) in [6.07, 6.45) is -35.3. The van der Waals surface area contributed by atoms with E-state index in [-0.39, 0.29) is 25.8 Å². The molecule has 13 amide bonds. The topological polar surface area (TPSA) is 697 Å². The summed E-state index contributed by atoms with van der Waals surface area (Å²) in [5, 5.41) is 145. The Kier molecular flexibility index (Phi) is 36.4. The van der Waals surface area contributed by atoms with Gasteiger partial charge < -0.3 is 163 Å². The number of nitrogens with zero attached hydrogens (tertiary/aromatic N) is 1. The van der Waals surface area contributed by atoms with Crippen LogP contribution < -0.4 is 64.2 Å². The van der Waals surface area contributed by atoms with Crippen molar-refractivity contribution in [3.8, 4) is 0 Å². The predicted molar refractivity (Wildman–Crippen MR) is 368 cm³/mol. The second kappa shape index (κ2) is 43.2. The van der Waals surface area contributed by atoms with E-state index in [1.165, 1.54) is 0 Å². The Hall–Kier alpha value is -8.14. The molecule has 0 aromatic rings. The normalized spacial score (nSPS) is 31.2. The van der Waals surface area contributed by atoms with Gasteiger partial charge in [0, 0.05) is 47.6 Å². The minimum Gasteiger partial charge on any atom is -0.481 e. The number of primary amides is 1. The number of ether oxygens (including phenoxy) is 8. The molecule has 46 nitrogen and oxygen atoms in total. The van der Waals surface area contributed by atoms with Crippen LogP contribution in [0.5, 0.6) is 0 Å². The fourth-order valence-electron chi connectivity index (χ4n) is 13.0. The molecule has 0 radical (unpaired) electrons. The fraction of sp³-hybridized carbons (Fsp3) is 0.785. The summed E-state index contributed by atoms with van der Waals surface area (Å²) >= 11 is 0. The van der Waals surface area contributed by atoms with E-state index < -0.39 is 312 Å². The SMILES string of the molecule is CC(=O)N[C@H]1[C@@H](O[C@H]2[C@@H](O)[C@@H](CO)O[C@H](O[C@H](C)[C@H](NC(=O)[C@H](C)NC(=O)[C@H](CC(C)C)NC(=O)[C@H](CCC(=O)O)NC(C)=O)C(=O)N[C@H](C(=O)NCC(=O)N3CCC[C@H]3C(=O)NCC(N)=O)[C@@H](C)O[C@H]3O[C@H](CO)[C@H](O)[C@H](O[C@H]4O[C@H](CO)[C@H](O)[C@H](O)[C@H]4NC(C)=O)[C@H]3NC(C)=O)[C@@H]2NC(C)=O)O[C@H](CO)[C@H](O)[C@@H]1O. The number of carboxylic acids is 1. The van der Waals surface area contributed by atoms with Crippen molar-refractivity contribution in [2.45, 2.75) is 272 Å². The first-order valence-electron chi connectivity index (χ1n) is 35.8. The minimum atomic E-state index is -2.30. The molecule has 5 saturated heterocycles. The van der Waals surface area contributed by atoms with Gasteiger partial charge in [0.15, 0.2) is 25.2 Å². The maximum Gasteiger partial charge on any atom is 0.303 e. The Morgan fingerprint density at radius 3 is 1.30 bits per heavy atom. The first kappa shape index (κ1) is 93.5. The number of rotatable bonds is 38. The predicted octanol–water partition coefficient (Wildman–Crippen LogP) is -13.3. The van der Waals surface area contributed by atoms with Gasteiger partial charge in [-0.2, -0.15) is 0 Å². The van der Waals surface area contributed by atoms with E-state index in [0.29, 0.717) is 0 Å². The zero-order valence-corrected chi connectivity index (χ0v) is 62.7. The van der Waals surface area contributed by atoms with Gasteiger partial charge >= 0.3 is 5.97 Å². The lowest BCUT2D eigenvalue weighted by Crippen LogP contribution is -2.70. The van der Waals surface area contributed by atoms with Crippen molar-refractivity contribution in [1.29, 1.82) is 0 Å². The summed E-state index contributed by atoms with van der Waals surface area (Å²) in [4.78, 5) is 189. The quantitative estimate of drug-likeness (QED) is 0.0273. The second-order valence-electron chi connectivity index (χ2n) is 27.9. The molecule has 0 bridgehead atoms. The Labute approximate surface area is 635 Å². The average Bonchev–Trinajstić information content (AvgIpc) is 1.22. The van der Waals surface area contributed by atoms with Crippen LogP contribution >= 0.6 is 0 Å². The van der Waals surface area contributed by atoms with Crippen molar-refractivity contribution in [3.63, 3.8) is 0 Å². The van der Waals surface area contributed by atoms with Crippen LogP contribution in [0.3, 0.4) is 0 Å². The Morgan fingerprint density at radius 1 is 0.468 bits per heavy atom. The number of nitrogens with two attached hydrogens (primary N) is 1. The molecular formula is C65H107N13O33. The molecule has 5 fully saturated rings. The van der Waals surface area contributed by atoms with Crippen LogP contribution in [0, 0.1) is 5.92 Å². The summed E-state index contributed by atoms with van der Waals surface area (Å²) in [6.45, 7) is 5.80. The van der Waals surface area contributed by atoms with Crippen LogP contribution in [0.2, 0.25) is 0 Å². The lowest BCUT2D eigenvalue weighted by atomic mass is 9.94. The number of nitrogens with one attached hydrogen (secondary N) is 11. The molecule has 5 heterocycles. The smallest absolute Gasteiger partial charge is 0.303 e. The monoisotopic (exact) mass is 1600 g/mol. The van der Waals surface area contributed by atoms with E-state index in [4.69, 9.17) is 43.6 Å². The number of hydrogen-bond acceptors (Lipinski definition) is 32. The average molecular weight is 1600 g/mol. The third-order valence-electron chi connectivity index (χ3n) is 18.5. The molecule has 24 N–H and O–H groups in total. The Bertz CT molecular complexity index is 3240. The maximum atomic E-state index is 15.7. The number of aliphatic carboxylic acids is 1. The van der Waals surface area contributed by atoms with Crippen LogP contribution in [0.25, 0.3) is 0 Å². The summed E-state index contributed by atoms with van der Waals surface area (Å²) < 4.78 is 48.6. The number of amides is 13. The molecule has 5 aliphatic heterocycles. The molecule has 28 atom stereocenters. The molecule has 0 unspecified atom stereocenters. The third-order valence-corrected chi connectivity index (χ3v) is 18.5. The van der Waals surface area contributed by atoms with E-state index in [1.54, 1.807) is 13.8 Å². The summed E-state index contributed by atoms with van der Waals surface area (Å²) in [5.74, 6) is -14.8. The van der Waals surface area contributed by atoms with Gasteiger partial charge in [-0.15, -0.1) is 0 Å². The first-order chi connectivity index (χ1) is 52.1. The first-order valence-corrected chi connectivity index (χ1v) is 35.8. The molecule has 46 heteroatoms. The molecule has 5 rings (SSSR count). The molecule has 0 aliphatic carbocycles. The third kappa shape index (κ3) is 26.2. The van der Waals surface area contributed by atoms with Gasteiger partial charge in [0.1, 0.15) is 134 Å². The maximum absolute atomic E-state index is 15.7. The van der Waals surface area contributed by atoms with E-state index >= 15 is 9.59 Å². The summed E-state index contributed by atoms with van der Waals surface area (Å²) in [6, 6.07) is -17.7. The summed E-state index contributed by atoms with van der Waals surface area (Å²) in [7, 11) is 0. The molecule has 0 aromatic heterocycles. The number of aliphatic hydroxyl groups is 10. The van der Waals surface area contributed by atoms with Crippen LogP contribution in [-0.4, -0.2) is 361 Å². The number of carbonyl (C=O) groups excluding carboxylic acids is 13. The zero-order chi connectivity index (χ0) is 83.3. The van der Waals surface area contributed by atoms with Gasteiger partial charge in [-0.3, -0.25) is 67.1 Å². The molecular weight excluding hydrogens is 1490 g/mol. The van der Waals surface area contributed by atoms with Gasteiger partial charge in [0.25, 0.3) is 0 Å². The standard InChI is InChI=1S/C65H107N13O33/c1-23(2)16-33(75-57(99)32(70-27(6)83)13-14-41(90)91)58(100)69-24(3)56(98)76-43(26(5)105-65-47(74-31(10)87)55(51(95)38(22-82)109-65)111-63-45(72-29(8)85)53(97)49(93)36(20-80)107-63)61(103)77-42(60(102)68-18-40(89)78-15-11-12-34(78)59(101)67-17-39(66)88)25(4)104-64-46(73-30(9)86)54(50(94)37(21-81)108-64)110-62-44(71-28(7)84)52(96)48(92)35(19-79)106-62/h23-26,32-38,42-55,62-65,79-82,92-97H,11-22H2,1-10H3,(H2,66,88)(H,67,101)(H,68,102)(H,69,100)(H,70,83)(H,71,84)(H,72,85)(H,73,86)(H,74,87)(H,75,99)(H,76,98)(H,77,103)(H,90,91)/t24-,25+,26+,32-,33-,34-,35+,36+,37+,38+,42-,43-,44+,45+,46+,47+,48-,49-,50-,51-,52+,53+,54+,55+,62+,63+,64-,65-/m0/s1. The van der Waals surface area contributed by atoms with Crippen molar-refractivity contribution in [2.75, 3.05) is 46.1 Å². The second-order valence-corrected chi connectivity index (χ2v) is 27.9. The van der Waals surface area contributed by atoms with Gasteiger partial charge in [-0.25, -0.2) is 0 Å². The largest absolute Gasteiger partial charge is 0.481 e. The van der Waals surface area contributed by atoms with Crippen LogP contribution in [0.4, 0.5) is 0 Å². The Morgan fingerprint density at radius 2 is 0.883 bits per heavy atom. The van der Waals surface area contributed by atoms with Crippen molar-refractivity contribution < 1.29 is 161 Å². The number of aliphatic hydroxyl groups excluding tert-OH is 10. The van der Waals surface area contributed by atoms with E-state index in [2.05, 4.69) is 58.5 Å². The molecule has 0 spiro atoms. The van der Waals surface area contributed by atoms with Crippen LogP contribution in [0.15, 0.2) is 0 Å². The van der Waals surface area contributed by atoms with E-state index in [0.717, 1.165) is 60.3 Å². The number of carboxylic acid groups (broad SMARTS) is 1. The number of likely N-dealkylation sites (tertiary alicyclic amines) is 1.